The molecule has 0 heterocycles. The number of halogens is 2. The monoisotopic (exact) mass is 451 g/mol. The van der Waals surface area contributed by atoms with Crippen LogP contribution in [0.3, 0.4) is 0 Å². The molecule has 9 heteroatoms. The summed E-state index contributed by atoms with van der Waals surface area (Å²) in [6.07, 6.45) is 0. The SMILES string of the molecule is CCN(CC)CCNC(=O)c1cc(Cl)c(NC(=O)COc2ccc(F)cc2)cc1OC. The lowest BCUT2D eigenvalue weighted by Crippen LogP contribution is -2.35. The highest BCUT2D eigenvalue weighted by atomic mass is 35.5. The van der Waals surface area contributed by atoms with Crippen molar-refractivity contribution in [2.24, 2.45) is 0 Å². The minimum atomic E-state index is -0.468. The first kappa shape index (κ1) is 24.4. The molecule has 0 radical (unpaired) electrons. The minimum Gasteiger partial charge on any atom is -0.496 e. The van der Waals surface area contributed by atoms with Crippen molar-refractivity contribution < 1.29 is 23.5 Å². The summed E-state index contributed by atoms with van der Waals surface area (Å²) in [6, 6.07) is 8.25. The molecule has 2 aromatic carbocycles. The van der Waals surface area contributed by atoms with Crippen LogP contribution < -0.4 is 20.1 Å². The van der Waals surface area contributed by atoms with Gasteiger partial charge in [0.25, 0.3) is 11.8 Å². The summed E-state index contributed by atoms with van der Waals surface area (Å²) in [4.78, 5) is 26.9. The molecule has 0 fully saturated rings. The van der Waals surface area contributed by atoms with Gasteiger partial charge < -0.3 is 25.0 Å². The highest BCUT2D eigenvalue weighted by Crippen LogP contribution is 2.31. The number of nitrogens with one attached hydrogen (secondary N) is 2. The van der Waals surface area contributed by atoms with Crippen LogP contribution in [-0.4, -0.2) is 56.6 Å². The van der Waals surface area contributed by atoms with Gasteiger partial charge >= 0.3 is 0 Å². The van der Waals surface area contributed by atoms with Crippen molar-refractivity contribution in [3.05, 3.63) is 52.8 Å². The minimum absolute atomic E-state index is 0.185. The number of nitrogens with zero attached hydrogens (tertiary/aromatic N) is 1. The van der Waals surface area contributed by atoms with Gasteiger partial charge in [-0.1, -0.05) is 25.4 Å². The number of rotatable bonds is 11. The highest BCUT2D eigenvalue weighted by Gasteiger charge is 2.17. The number of anilines is 1. The summed E-state index contributed by atoms with van der Waals surface area (Å²) in [7, 11) is 1.43. The van der Waals surface area contributed by atoms with Crippen LogP contribution in [-0.2, 0) is 4.79 Å². The van der Waals surface area contributed by atoms with E-state index in [4.69, 9.17) is 21.1 Å². The molecule has 0 saturated carbocycles. The van der Waals surface area contributed by atoms with Crippen molar-refractivity contribution in [3.8, 4) is 11.5 Å². The molecule has 0 aliphatic heterocycles. The van der Waals surface area contributed by atoms with Gasteiger partial charge in [-0.05, 0) is 43.4 Å². The van der Waals surface area contributed by atoms with E-state index in [1.807, 2.05) is 0 Å². The quantitative estimate of drug-likeness (QED) is 0.546. The lowest BCUT2D eigenvalue weighted by atomic mass is 10.1. The van der Waals surface area contributed by atoms with Gasteiger partial charge in [0.2, 0.25) is 0 Å². The molecule has 2 rings (SSSR count). The van der Waals surface area contributed by atoms with Gasteiger partial charge in [0.1, 0.15) is 17.3 Å². The maximum atomic E-state index is 12.9. The molecule has 2 aromatic rings. The molecule has 0 aliphatic rings. The van der Waals surface area contributed by atoms with Gasteiger partial charge in [0.15, 0.2) is 6.61 Å². The van der Waals surface area contributed by atoms with Crippen LogP contribution >= 0.6 is 11.6 Å². The van der Waals surface area contributed by atoms with Crippen molar-refractivity contribution in [3.63, 3.8) is 0 Å². The zero-order valence-corrected chi connectivity index (χ0v) is 18.6. The third-order valence-electron chi connectivity index (χ3n) is 4.60. The van der Waals surface area contributed by atoms with Gasteiger partial charge in [-0.15, -0.1) is 0 Å². The number of hydrogen-bond donors (Lipinski definition) is 2. The Balaban J connectivity index is 1.99. The first-order valence-electron chi connectivity index (χ1n) is 9.94. The molecule has 0 bridgehead atoms. The number of carbonyl (C=O) groups is 2. The van der Waals surface area contributed by atoms with E-state index in [1.54, 1.807) is 0 Å². The van der Waals surface area contributed by atoms with E-state index in [-0.39, 0.29) is 34.5 Å². The third kappa shape index (κ3) is 7.41. The first-order valence-corrected chi connectivity index (χ1v) is 10.3. The van der Waals surface area contributed by atoms with E-state index in [9.17, 15) is 14.0 Å². The third-order valence-corrected chi connectivity index (χ3v) is 4.91. The normalized spacial score (nSPS) is 10.6. The second-order valence-electron chi connectivity index (χ2n) is 6.61. The van der Waals surface area contributed by atoms with Crippen LogP contribution in [0.4, 0.5) is 10.1 Å². The fourth-order valence-corrected chi connectivity index (χ4v) is 3.04. The van der Waals surface area contributed by atoms with Gasteiger partial charge in [-0.2, -0.15) is 0 Å². The smallest absolute Gasteiger partial charge is 0.262 e. The molecular formula is C22H27ClFN3O4. The highest BCUT2D eigenvalue weighted by molar-refractivity contribution is 6.34. The Labute approximate surface area is 186 Å². The number of methoxy groups -OCH3 is 1. The molecule has 31 heavy (non-hydrogen) atoms. The predicted octanol–water partition coefficient (Wildman–Crippen LogP) is 3.58. The van der Waals surface area contributed by atoms with Crippen molar-refractivity contribution in [1.29, 1.82) is 0 Å². The fourth-order valence-electron chi connectivity index (χ4n) is 2.82. The summed E-state index contributed by atoms with van der Waals surface area (Å²) in [5.41, 5.74) is 0.554. The van der Waals surface area contributed by atoms with Crippen molar-refractivity contribution >= 4 is 29.1 Å². The lowest BCUT2D eigenvalue weighted by Gasteiger charge is -2.18. The van der Waals surface area contributed by atoms with E-state index in [0.717, 1.165) is 19.6 Å². The van der Waals surface area contributed by atoms with Crippen LogP contribution in [0.2, 0.25) is 5.02 Å². The zero-order chi connectivity index (χ0) is 22.8. The Hall–Kier alpha value is -2.84. The number of likely N-dealkylation sites (N-methyl/N-ethyl adjacent to an activating group) is 1. The number of carbonyl (C=O) groups excluding carboxylic acids is 2. The molecule has 0 aromatic heterocycles. The van der Waals surface area contributed by atoms with Crippen molar-refractivity contribution in [2.75, 3.05) is 45.2 Å². The summed E-state index contributed by atoms with van der Waals surface area (Å²) >= 11 is 6.27. The molecule has 7 nitrogen and oxygen atoms in total. The molecule has 0 spiro atoms. The Morgan fingerprint density at radius 2 is 1.81 bits per heavy atom. The molecule has 0 saturated heterocycles. The summed E-state index contributed by atoms with van der Waals surface area (Å²) in [5, 5.41) is 5.65. The van der Waals surface area contributed by atoms with Crippen LogP contribution in [0.1, 0.15) is 24.2 Å². The lowest BCUT2D eigenvalue weighted by molar-refractivity contribution is -0.118. The second-order valence-corrected chi connectivity index (χ2v) is 7.01. The maximum absolute atomic E-state index is 12.9. The average molecular weight is 452 g/mol. The van der Waals surface area contributed by atoms with E-state index in [0.29, 0.717) is 12.3 Å². The Kier molecular flexibility index (Phi) is 9.55. The van der Waals surface area contributed by atoms with Crippen LogP contribution in [0, 0.1) is 5.82 Å². The molecular weight excluding hydrogens is 425 g/mol. The van der Waals surface area contributed by atoms with Gasteiger partial charge in [0.05, 0.1) is 23.4 Å². The molecule has 168 valence electrons. The number of ether oxygens (including phenoxy) is 2. The van der Waals surface area contributed by atoms with Crippen LogP contribution in [0.5, 0.6) is 11.5 Å². The number of amides is 2. The molecule has 0 aliphatic carbocycles. The Bertz CT molecular complexity index is 889. The number of benzene rings is 2. The second kappa shape index (κ2) is 12.1. The summed E-state index contributed by atoms with van der Waals surface area (Å²) in [5.74, 6) is -0.544. The molecule has 2 N–H and O–H groups in total. The van der Waals surface area contributed by atoms with E-state index in [1.165, 1.54) is 43.5 Å². The molecule has 0 atom stereocenters. The Morgan fingerprint density at radius 3 is 2.42 bits per heavy atom. The van der Waals surface area contributed by atoms with E-state index < -0.39 is 11.7 Å². The largest absolute Gasteiger partial charge is 0.496 e. The predicted molar refractivity (Wildman–Crippen MR) is 119 cm³/mol. The van der Waals surface area contributed by atoms with E-state index >= 15 is 0 Å². The Morgan fingerprint density at radius 1 is 1.13 bits per heavy atom. The topological polar surface area (TPSA) is 79.9 Å². The first-order chi connectivity index (χ1) is 14.9. The number of hydrogen-bond acceptors (Lipinski definition) is 5. The summed E-state index contributed by atoms with van der Waals surface area (Å²) < 4.78 is 23.5. The fraction of sp³-hybridized carbons (Fsp3) is 0.364. The van der Waals surface area contributed by atoms with Crippen molar-refractivity contribution in [2.45, 2.75) is 13.8 Å². The van der Waals surface area contributed by atoms with Gasteiger partial charge in [-0.25, -0.2) is 4.39 Å². The zero-order valence-electron chi connectivity index (χ0n) is 17.8. The maximum Gasteiger partial charge on any atom is 0.262 e. The van der Waals surface area contributed by atoms with Crippen LogP contribution in [0.25, 0.3) is 0 Å². The molecule has 0 unspecified atom stereocenters. The van der Waals surface area contributed by atoms with Gasteiger partial charge in [-0.3, -0.25) is 9.59 Å². The van der Waals surface area contributed by atoms with E-state index in [2.05, 4.69) is 29.4 Å². The average Bonchev–Trinajstić information content (AvgIpc) is 2.77. The molecule has 2 amide bonds. The standard InChI is InChI=1S/C22H27ClFN3O4/c1-4-27(5-2)11-10-25-22(29)17-12-18(23)19(13-20(17)30-3)26-21(28)14-31-16-8-6-15(24)7-9-16/h6-9,12-13H,4-5,10-11,14H2,1-3H3,(H,25,29)(H,26,28). The van der Waals surface area contributed by atoms with Crippen molar-refractivity contribution in [1.82, 2.24) is 10.2 Å². The van der Waals surface area contributed by atoms with Crippen LogP contribution in [0.15, 0.2) is 36.4 Å². The summed E-state index contributed by atoms with van der Waals surface area (Å²) in [6.45, 7) is 6.86. The van der Waals surface area contributed by atoms with Gasteiger partial charge in [0, 0.05) is 19.2 Å².